The molecule has 160 valence electrons. The summed E-state index contributed by atoms with van der Waals surface area (Å²) in [6, 6.07) is 20.5. The number of amides is 1. The van der Waals surface area contributed by atoms with Crippen molar-refractivity contribution in [2.24, 2.45) is 5.10 Å². The number of nitrogens with zero attached hydrogens (tertiary/aromatic N) is 3. The van der Waals surface area contributed by atoms with E-state index in [2.05, 4.69) is 15.5 Å². The van der Waals surface area contributed by atoms with Gasteiger partial charge in [0, 0.05) is 0 Å². The summed E-state index contributed by atoms with van der Waals surface area (Å²) in [4.78, 5) is 30.1. The third-order valence-electron chi connectivity index (χ3n) is 4.62. The van der Waals surface area contributed by atoms with Crippen molar-refractivity contribution in [1.29, 1.82) is 0 Å². The van der Waals surface area contributed by atoms with Crippen molar-refractivity contribution in [2.45, 2.75) is 12.1 Å². The minimum absolute atomic E-state index is 0.00284. The molecule has 4 aromatic rings. The third kappa shape index (κ3) is 4.92. The van der Waals surface area contributed by atoms with Gasteiger partial charge in [-0.25, -0.2) is 14.8 Å². The second kappa shape index (κ2) is 9.57. The number of aryl methyl sites for hydroxylation is 1. The molecule has 6 nitrogen and oxygen atoms in total. The van der Waals surface area contributed by atoms with Gasteiger partial charge in [-0.15, -0.1) is 0 Å². The van der Waals surface area contributed by atoms with Gasteiger partial charge in [0.1, 0.15) is 5.82 Å². The summed E-state index contributed by atoms with van der Waals surface area (Å²) in [5.74, 6) is -0.760. The monoisotopic (exact) mass is 446 g/mol. The molecule has 0 fully saturated rings. The predicted molar refractivity (Wildman–Crippen MR) is 125 cm³/mol. The van der Waals surface area contributed by atoms with Crippen LogP contribution in [0.5, 0.6) is 0 Å². The molecule has 1 N–H and O–H groups in total. The van der Waals surface area contributed by atoms with Crippen LogP contribution in [0.1, 0.15) is 11.1 Å². The number of hydrazone groups is 1. The normalized spacial score (nSPS) is 11.2. The largest absolute Gasteiger partial charge is 0.272 e. The number of hydrogen-bond donors (Lipinski definition) is 1. The van der Waals surface area contributed by atoms with Crippen molar-refractivity contribution < 1.29 is 9.18 Å². The molecule has 0 bridgehead atoms. The van der Waals surface area contributed by atoms with Gasteiger partial charge in [0.05, 0.1) is 28.6 Å². The molecule has 1 aromatic heterocycles. The number of benzene rings is 3. The lowest BCUT2D eigenvalue weighted by Gasteiger charge is -2.13. The minimum Gasteiger partial charge on any atom is -0.272 e. The number of thioether (sulfide) groups is 1. The molecule has 0 aliphatic carbocycles. The van der Waals surface area contributed by atoms with Gasteiger partial charge in [-0.05, 0) is 48.9 Å². The summed E-state index contributed by atoms with van der Waals surface area (Å²) in [7, 11) is 0. The maximum Gasteiger partial charge on any atom is 0.266 e. The summed E-state index contributed by atoms with van der Waals surface area (Å²) in [6.45, 7) is 1.97. The van der Waals surface area contributed by atoms with E-state index >= 15 is 0 Å². The summed E-state index contributed by atoms with van der Waals surface area (Å²) in [6.07, 6.45) is 1.36. The number of halogens is 1. The van der Waals surface area contributed by atoms with Crippen LogP contribution in [0.3, 0.4) is 0 Å². The first kappa shape index (κ1) is 21.5. The first-order valence-electron chi connectivity index (χ1n) is 9.80. The fourth-order valence-corrected chi connectivity index (χ4v) is 3.86. The van der Waals surface area contributed by atoms with Gasteiger partial charge >= 0.3 is 0 Å². The lowest BCUT2D eigenvalue weighted by atomic mass is 10.2. The average molecular weight is 447 g/mol. The Morgan fingerprint density at radius 2 is 1.91 bits per heavy atom. The number of carbonyl (C=O) groups excluding carboxylic acids is 1. The van der Waals surface area contributed by atoms with Crippen molar-refractivity contribution in [1.82, 2.24) is 15.0 Å². The van der Waals surface area contributed by atoms with Crippen molar-refractivity contribution in [3.05, 3.63) is 100 Å². The van der Waals surface area contributed by atoms with Crippen LogP contribution in [0, 0.1) is 12.7 Å². The van der Waals surface area contributed by atoms with Crippen LogP contribution in [-0.2, 0) is 4.79 Å². The molecule has 0 saturated heterocycles. The first-order chi connectivity index (χ1) is 15.5. The number of fused-ring (bicyclic) bond motifs is 1. The van der Waals surface area contributed by atoms with E-state index in [1.54, 1.807) is 30.3 Å². The molecular weight excluding hydrogens is 427 g/mol. The van der Waals surface area contributed by atoms with Crippen molar-refractivity contribution in [3.63, 3.8) is 0 Å². The van der Waals surface area contributed by atoms with E-state index < -0.39 is 0 Å². The Labute approximate surface area is 187 Å². The Morgan fingerprint density at radius 1 is 1.12 bits per heavy atom. The molecule has 3 aromatic carbocycles. The van der Waals surface area contributed by atoms with Gasteiger partial charge < -0.3 is 0 Å². The Hall–Kier alpha value is -3.78. The lowest BCUT2D eigenvalue weighted by molar-refractivity contribution is -0.118. The minimum atomic E-state index is -0.382. The van der Waals surface area contributed by atoms with Crippen LogP contribution in [-0.4, -0.2) is 27.4 Å². The summed E-state index contributed by atoms with van der Waals surface area (Å²) >= 11 is 1.14. The second-order valence-corrected chi connectivity index (χ2v) is 7.97. The van der Waals surface area contributed by atoms with Gasteiger partial charge in [0.15, 0.2) is 5.16 Å². The maximum atomic E-state index is 13.2. The average Bonchev–Trinajstić information content (AvgIpc) is 2.79. The fourth-order valence-electron chi connectivity index (χ4n) is 3.06. The van der Waals surface area contributed by atoms with Crippen LogP contribution in [0.25, 0.3) is 16.6 Å². The highest BCUT2D eigenvalue weighted by atomic mass is 32.2. The second-order valence-electron chi connectivity index (χ2n) is 7.02. The van der Waals surface area contributed by atoms with Crippen molar-refractivity contribution >= 4 is 34.8 Å². The molecule has 0 spiro atoms. The van der Waals surface area contributed by atoms with Crippen LogP contribution in [0.2, 0.25) is 0 Å². The highest BCUT2D eigenvalue weighted by Gasteiger charge is 2.14. The van der Waals surface area contributed by atoms with Crippen LogP contribution < -0.4 is 11.0 Å². The van der Waals surface area contributed by atoms with E-state index in [0.29, 0.717) is 27.3 Å². The topological polar surface area (TPSA) is 76.3 Å². The molecule has 4 rings (SSSR count). The van der Waals surface area contributed by atoms with Crippen LogP contribution in [0.15, 0.2) is 87.8 Å². The summed E-state index contributed by atoms with van der Waals surface area (Å²) in [5, 5.41) is 4.77. The van der Waals surface area contributed by atoms with Gasteiger partial charge in [0.25, 0.3) is 11.5 Å². The zero-order valence-corrected chi connectivity index (χ0v) is 18.0. The number of carbonyl (C=O) groups is 1. The van der Waals surface area contributed by atoms with E-state index in [4.69, 9.17) is 0 Å². The molecule has 0 aliphatic heterocycles. The molecule has 0 aliphatic rings. The van der Waals surface area contributed by atoms with Crippen molar-refractivity contribution in [2.75, 3.05) is 5.75 Å². The highest BCUT2D eigenvalue weighted by molar-refractivity contribution is 7.99. The van der Waals surface area contributed by atoms with Crippen LogP contribution in [0.4, 0.5) is 4.39 Å². The Bertz CT molecular complexity index is 1370. The molecule has 8 heteroatoms. The number of para-hydroxylation sites is 1. The number of rotatable bonds is 6. The molecular formula is C24H19FN4O2S. The quantitative estimate of drug-likeness (QED) is 0.210. The summed E-state index contributed by atoms with van der Waals surface area (Å²) in [5.41, 5.74) is 5.04. The molecule has 0 radical (unpaired) electrons. The lowest BCUT2D eigenvalue weighted by Crippen LogP contribution is -2.24. The standard InChI is InChI=1S/C24H19FN4O2S/c1-16-9-11-19(12-10-16)29-23(31)20-7-2-3-8-21(20)27-24(29)32-15-22(30)28-26-14-17-5-4-6-18(25)13-17/h2-14H,15H2,1H3,(H,28,30)/b26-14+. The number of aromatic nitrogens is 2. The van der Waals surface area contributed by atoms with E-state index in [9.17, 15) is 14.0 Å². The van der Waals surface area contributed by atoms with E-state index in [1.807, 2.05) is 37.3 Å². The SMILES string of the molecule is Cc1ccc(-n2c(SCC(=O)N/N=C/c3cccc(F)c3)nc3ccccc3c2=O)cc1. The zero-order valence-electron chi connectivity index (χ0n) is 17.2. The highest BCUT2D eigenvalue weighted by Crippen LogP contribution is 2.21. The molecule has 0 unspecified atom stereocenters. The van der Waals surface area contributed by atoms with Gasteiger partial charge in [-0.1, -0.05) is 53.7 Å². The van der Waals surface area contributed by atoms with Crippen LogP contribution >= 0.6 is 11.8 Å². The molecule has 1 amide bonds. The number of nitrogens with one attached hydrogen (secondary N) is 1. The zero-order chi connectivity index (χ0) is 22.5. The Balaban J connectivity index is 1.56. The van der Waals surface area contributed by atoms with Gasteiger partial charge in [-0.2, -0.15) is 5.10 Å². The Kier molecular flexibility index (Phi) is 6.42. The van der Waals surface area contributed by atoms with Gasteiger partial charge in [-0.3, -0.25) is 14.2 Å². The Morgan fingerprint density at radius 3 is 2.69 bits per heavy atom. The fraction of sp³-hybridized carbons (Fsp3) is 0.0833. The van der Waals surface area contributed by atoms with E-state index in [1.165, 1.54) is 22.9 Å². The molecule has 32 heavy (non-hydrogen) atoms. The molecule has 1 heterocycles. The van der Waals surface area contributed by atoms with Gasteiger partial charge in [0.2, 0.25) is 0 Å². The van der Waals surface area contributed by atoms with Crippen molar-refractivity contribution in [3.8, 4) is 5.69 Å². The maximum absolute atomic E-state index is 13.2. The van der Waals surface area contributed by atoms with E-state index in [-0.39, 0.29) is 23.0 Å². The van der Waals surface area contributed by atoms with E-state index in [0.717, 1.165) is 17.3 Å². The smallest absolute Gasteiger partial charge is 0.266 e. The number of hydrogen-bond acceptors (Lipinski definition) is 5. The third-order valence-corrected chi connectivity index (χ3v) is 5.56. The molecule has 0 atom stereocenters. The molecule has 0 saturated carbocycles. The summed E-state index contributed by atoms with van der Waals surface area (Å²) < 4.78 is 14.7. The predicted octanol–water partition coefficient (Wildman–Crippen LogP) is 4.08. The first-order valence-corrected chi connectivity index (χ1v) is 10.8.